The quantitative estimate of drug-likeness (QED) is 0.490. The number of rotatable bonds is 7. The summed E-state index contributed by atoms with van der Waals surface area (Å²) >= 11 is 0. The Bertz CT molecular complexity index is 1100. The van der Waals surface area contributed by atoms with E-state index in [1.165, 1.54) is 0 Å². The summed E-state index contributed by atoms with van der Waals surface area (Å²) in [5, 5.41) is 14.4. The van der Waals surface area contributed by atoms with Gasteiger partial charge in [0.05, 0.1) is 14.2 Å². The van der Waals surface area contributed by atoms with Crippen molar-refractivity contribution in [2.24, 2.45) is 0 Å². The lowest BCUT2D eigenvalue weighted by molar-refractivity contribution is -0.117. The molecule has 0 heterocycles. The molecule has 0 fully saturated rings. The molecule has 0 radical (unpaired) electrons. The van der Waals surface area contributed by atoms with Crippen LogP contribution in [0.3, 0.4) is 0 Å². The molecular weight excluding hydrogens is 364 g/mol. The molecule has 0 aromatic heterocycles. The lowest BCUT2D eigenvalue weighted by Crippen LogP contribution is -2.26. The molecule has 0 unspecified atom stereocenters. The molecule has 3 aromatic rings. The number of nitrogens with zero attached hydrogens (tertiary/aromatic N) is 1. The molecule has 0 bridgehead atoms. The van der Waals surface area contributed by atoms with E-state index in [4.69, 9.17) is 9.47 Å². The van der Waals surface area contributed by atoms with E-state index in [9.17, 15) is 10.1 Å². The number of amides is 1. The molecule has 29 heavy (non-hydrogen) atoms. The van der Waals surface area contributed by atoms with Crippen LogP contribution in [-0.2, 0) is 11.2 Å². The van der Waals surface area contributed by atoms with Crippen molar-refractivity contribution in [2.45, 2.75) is 6.42 Å². The molecule has 1 amide bonds. The third-order valence-electron chi connectivity index (χ3n) is 4.60. The predicted molar refractivity (Wildman–Crippen MR) is 114 cm³/mol. The van der Waals surface area contributed by atoms with Gasteiger partial charge in [-0.1, -0.05) is 42.5 Å². The monoisotopic (exact) mass is 386 g/mol. The van der Waals surface area contributed by atoms with Crippen LogP contribution in [0.2, 0.25) is 0 Å². The van der Waals surface area contributed by atoms with Gasteiger partial charge in [-0.25, -0.2) is 0 Å². The number of nitriles is 1. The van der Waals surface area contributed by atoms with Crippen molar-refractivity contribution >= 4 is 22.8 Å². The van der Waals surface area contributed by atoms with Gasteiger partial charge in [0.2, 0.25) is 0 Å². The molecular formula is C24H22N2O3. The number of hydrogen-bond acceptors (Lipinski definition) is 4. The van der Waals surface area contributed by atoms with E-state index >= 15 is 0 Å². The van der Waals surface area contributed by atoms with Gasteiger partial charge in [-0.2, -0.15) is 5.26 Å². The summed E-state index contributed by atoms with van der Waals surface area (Å²) in [6.07, 6.45) is 2.22. The Balaban J connectivity index is 1.65. The molecule has 3 rings (SSSR count). The number of carbonyl (C=O) groups is 1. The minimum atomic E-state index is -0.388. The first-order valence-corrected chi connectivity index (χ1v) is 9.24. The van der Waals surface area contributed by atoms with E-state index in [0.29, 0.717) is 24.5 Å². The summed E-state index contributed by atoms with van der Waals surface area (Å²) in [5.41, 5.74) is 1.89. The maximum Gasteiger partial charge on any atom is 0.261 e. The molecule has 5 heteroatoms. The second-order valence-corrected chi connectivity index (χ2v) is 6.47. The Hall–Kier alpha value is -3.78. The fourth-order valence-corrected chi connectivity index (χ4v) is 3.06. The Kier molecular flexibility index (Phi) is 6.49. The summed E-state index contributed by atoms with van der Waals surface area (Å²) < 4.78 is 10.5. The number of carbonyl (C=O) groups excluding carboxylic acids is 1. The highest BCUT2D eigenvalue weighted by atomic mass is 16.5. The third kappa shape index (κ3) is 4.94. The smallest absolute Gasteiger partial charge is 0.261 e. The first-order valence-electron chi connectivity index (χ1n) is 9.24. The van der Waals surface area contributed by atoms with Crippen molar-refractivity contribution in [3.63, 3.8) is 0 Å². The van der Waals surface area contributed by atoms with E-state index in [0.717, 1.165) is 21.9 Å². The van der Waals surface area contributed by atoms with Gasteiger partial charge in [0.15, 0.2) is 11.5 Å². The number of fused-ring (bicyclic) bond motifs is 1. The molecule has 0 atom stereocenters. The summed E-state index contributed by atoms with van der Waals surface area (Å²) in [6, 6.07) is 21.4. The Morgan fingerprint density at radius 1 is 1.00 bits per heavy atom. The lowest BCUT2D eigenvalue weighted by Gasteiger charge is -2.10. The molecule has 3 aromatic carbocycles. The van der Waals surface area contributed by atoms with Gasteiger partial charge in [-0.05, 0) is 52.6 Å². The second kappa shape index (κ2) is 9.43. The van der Waals surface area contributed by atoms with Crippen molar-refractivity contribution in [2.75, 3.05) is 20.8 Å². The van der Waals surface area contributed by atoms with Crippen LogP contribution in [-0.4, -0.2) is 26.7 Å². The van der Waals surface area contributed by atoms with Crippen molar-refractivity contribution < 1.29 is 14.3 Å². The second-order valence-electron chi connectivity index (χ2n) is 6.47. The summed E-state index contributed by atoms with van der Waals surface area (Å²) in [5.74, 6) is 0.914. The highest BCUT2D eigenvalue weighted by molar-refractivity contribution is 6.02. The summed E-state index contributed by atoms with van der Waals surface area (Å²) in [4.78, 5) is 12.4. The van der Waals surface area contributed by atoms with Crippen molar-refractivity contribution in [3.05, 3.63) is 77.4 Å². The van der Waals surface area contributed by atoms with Crippen LogP contribution in [0.25, 0.3) is 16.8 Å². The number of nitrogens with one attached hydrogen (secondary N) is 1. The number of benzene rings is 3. The van der Waals surface area contributed by atoms with Crippen LogP contribution in [0.1, 0.15) is 11.1 Å². The number of ether oxygens (including phenoxy) is 2. The topological polar surface area (TPSA) is 71.3 Å². The Labute approximate surface area is 170 Å². The fraction of sp³-hybridized carbons (Fsp3) is 0.167. The maximum atomic E-state index is 12.4. The summed E-state index contributed by atoms with van der Waals surface area (Å²) in [6.45, 7) is 0.408. The molecule has 5 nitrogen and oxygen atoms in total. The molecule has 1 N–H and O–H groups in total. The first kappa shape index (κ1) is 20.0. The normalized spacial score (nSPS) is 11.0. The highest BCUT2D eigenvalue weighted by Crippen LogP contribution is 2.27. The fourth-order valence-electron chi connectivity index (χ4n) is 3.06. The van der Waals surface area contributed by atoms with Gasteiger partial charge in [0.1, 0.15) is 11.6 Å². The Morgan fingerprint density at radius 2 is 1.76 bits per heavy atom. The van der Waals surface area contributed by atoms with Crippen LogP contribution in [0.5, 0.6) is 11.5 Å². The molecule has 0 aliphatic rings. The van der Waals surface area contributed by atoms with Crippen LogP contribution in [0.15, 0.2) is 66.2 Å². The van der Waals surface area contributed by atoms with Crippen LogP contribution in [0, 0.1) is 11.3 Å². The zero-order valence-corrected chi connectivity index (χ0v) is 16.4. The zero-order chi connectivity index (χ0) is 20.6. The van der Waals surface area contributed by atoms with E-state index in [-0.39, 0.29) is 11.5 Å². The molecule has 0 aliphatic carbocycles. The molecule has 146 valence electrons. The molecule has 0 saturated heterocycles. The zero-order valence-electron chi connectivity index (χ0n) is 16.4. The van der Waals surface area contributed by atoms with Crippen LogP contribution in [0.4, 0.5) is 0 Å². The van der Waals surface area contributed by atoms with Gasteiger partial charge < -0.3 is 14.8 Å². The van der Waals surface area contributed by atoms with Crippen LogP contribution < -0.4 is 14.8 Å². The van der Waals surface area contributed by atoms with Gasteiger partial charge in [0, 0.05) is 6.54 Å². The van der Waals surface area contributed by atoms with E-state index in [1.807, 2.05) is 66.7 Å². The molecule has 0 aliphatic heterocycles. The van der Waals surface area contributed by atoms with Crippen molar-refractivity contribution in [3.8, 4) is 17.6 Å². The van der Waals surface area contributed by atoms with Crippen molar-refractivity contribution in [1.29, 1.82) is 5.26 Å². The third-order valence-corrected chi connectivity index (χ3v) is 4.60. The summed E-state index contributed by atoms with van der Waals surface area (Å²) in [7, 11) is 3.17. The standard InChI is InChI=1S/C24H22N2O3/c1-28-22-10-8-17(15-23(22)29-2)11-12-26-24(27)21(16-25)14-18-7-9-19-5-3-4-6-20(19)13-18/h3-10,13-15H,11-12H2,1-2H3,(H,26,27)/b21-14+. The molecule has 0 spiro atoms. The lowest BCUT2D eigenvalue weighted by atomic mass is 10.0. The van der Waals surface area contributed by atoms with Gasteiger partial charge in [-0.3, -0.25) is 4.79 Å². The molecule has 0 saturated carbocycles. The van der Waals surface area contributed by atoms with Gasteiger partial charge in [0.25, 0.3) is 5.91 Å². The van der Waals surface area contributed by atoms with E-state index in [2.05, 4.69) is 5.32 Å². The van der Waals surface area contributed by atoms with Gasteiger partial charge >= 0.3 is 0 Å². The van der Waals surface area contributed by atoms with Gasteiger partial charge in [-0.15, -0.1) is 0 Å². The van der Waals surface area contributed by atoms with E-state index in [1.54, 1.807) is 20.3 Å². The first-order chi connectivity index (χ1) is 14.1. The number of methoxy groups -OCH3 is 2. The average molecular weight is 386 g/mol. The maximum absolute atomic E-state index is 12.4. The van der Waals surface area contributed by atoms with Crippen molar-refractivity contribution in [1.82, 2.24) is 5.32 Å². The van der Waals surface area contributed by atoms with Crippen LogP contribution >= 0.6 is 0 Å². The average Bonchev–Trinajstić information content (AvgIpc) is 2.77. The highest BCUT2D eigenvalue weighted by Gasteiger charge is 2.10. The minimum Gasteiger partial charge on any atom is -0.493 e. The minimum absolute atomic E-state index is 0.0765. The number of hydrogen-bond donors (Lipinski definition) is 1. The van der Waals surface area contributed by atoms with E-state index < -0.39 is 0 Å². The Morgan fingerprint density at radius 3 is 2.48 bits per heavy atom. The largest absolute Gasteiger partial charge is 0.493 e. The predicted octanol–water partition coefficient (Wildman–Crippen LogP) is 4.12. The SMILES string of the molecule is COc1ccc(CCNC(=O)/C(C#N)=C/c2ccc3ccccc3c2)cc1OC.